The van der Waals surface area contributed by atoms with E-state index in [9.17, 15) is 5.11 Å². The number of hydrogen-bond acceptors (Lipinski definition) is 4. The first-order valence-corrected chi connectivity index (χ1v) is 9.97. The molecule has 0 radical (unpaired) electrons. The van der Waals surface area contributed by atoms with Crippen molar-refractivity contribution < 1.29 is 14.6 Å². The molecule has 2 aromatic carbocycles. The number of benzene rings is 2. The Morgan fingerprint density at radius 3 is 2.56 bits per heavy atom. The molecule has 1 aliphatic heterocycles. The van der Waals surface area contributed by atoms with Gasteiger partial charge < -0.3 is 14.6 Å². The number of aliphatic hydroxyl groups is 1. The molecule has 0 saturated carbocycles. The summed E-state index contributed by atoms with van der Waals surface area (Å²) in [5.74, 6) is 0.945. The number of morpholine rings is 1. The van der Waals surface area contributed by atoms with Crippen LogP contribution in [0.1, 0.15) is 30.5 Å². The quantitative estimate of drug-likeness (QED) is 0.896. The van der Waals surface area contributed by atoms with Gasteiger partial charge in [0.05, 0.1) is 25.9 Å². The van der Waals surface area contributed by atoms with Gasteiger partial charge in [0.15, 0.2) is 0 Å². The summed E-state index contributed by atoms with van der Waals surface area (Å²) in [4.78, 5) is 2.48. The molecule has 2 aromatic rings. The molecule has 1 heterocycles. The standard InChI is InChI=1S/C21H25NO3.C2H6/c1-24-20-9-5-8-16-10-19-21(11-18(16)20)25-17(14-23)13-22(19)12-15-6-3-2-4-7-15;1-2/h2-9,17,19,21,23H,10-14H2,1H3;1-2H3/t17?,19?,21-;/m1./s1. The fraction of sp³-hybridized carbons (Fsp3) is 0.478. The zero-order valence-corrected chi connectivity index (χ0v) is 16.6. The fourth-order valence-corrected chi connectivity index (χ4v) is 4.21. The first kappa shape index (κ1) is 19.9. The number of hydrogen-bond donors (Lipinski definition) is 1. The molecule has 1 N–H and O–H groups in total. The molecule has 146 valence electrons. The second-order valence-corrected chi connectivity index (χ2v) is 6.97. The van der Waals surface area contributed by atoms with Gasteiger partial charge in [0.25, 0.3) is 0 Å². The number of rotatable bonds is 4. The molecule has 0 spiro atoms. The molecule has 2 aliphatic rings. The molecule has 1 aliphatic carbocycles. The fourth-order valence-electron chi connectivity index (χ4n) is 4.21. The van der Waals surface area contributed by atoms with Crippen molar-refractivity contribution in [3.63, 3.8) is 0 Å². The van der Waals surface area contributed by atoms with Crippen LogP contribution in [0.3, 0.4) is 0 Å². The van der Waals surface area contributed by atoms with Gasteiger partial charge in [-0.15, -0.1) is 0 Å². The Morgan fingerprint density at radius 1 is 1.07 bits per heavy atom. The van der Waals surface area contributed by atoms with Gasteiger partial charge in [0.2, 0.25) is 0 Å². The highest BCUT2D eigenvalue weighted by Gasteiger charge is 2.40. The number of ether oxygens (including phenoxy) is 2. The molecule has 0 amide bonds. The third kappa shape index (κ3) is 4.34. The van der Waals surface area contributed by atoms with Crippen LogP contribution in [-0.4, -0.2) is 48.5 Å². The average Bonchev–Trinajstić information content (AvgIpc) is 2.74. The smallest absolute Gasteiger partial charge is 0.122 e. The second-order valence-electron chi connectivity index (χ2n) is 6.97. The summed E-state index contributed by atoms with van der Waals surface area (Å²) < 4.78 is 11.8. The Hall–Kier alpha value is -1.88. The maximum Gasteiger partial charge on any atom is 0.122 e. The Labute approximate surface area is 162 Å². The van der Waals surface area contributed by atoms with Crippen LogP contribution in [-0.2, 0) is 24.1 Å². The molecule has 4 heteroatoms. The molecule has 1 saturated heterocycles. The van der Waals surface area contributed by atoms with Crippen LogP contribution in [0, 0.1) is 0 Å². The van der Waals surface area contributed by atoms with Gasteiger partial charge in [-0.2, -0.15) is 0 Å². The summed E-state index contributed by atoms with van der Waals surface area (Å²) in [6, 6.07) is 17.2. The summed E-state index contributed by atoms with van der Waals surface area (Å²) in [6.45, 7) is 5.72. The molecule has 0 aromatic heterocycles. The summed E-state index contributed by atoms with van der Waals surface area (Å²) in [6.07, 6.45) is 1.77. The van der Waals surface area contributed by atoms with Crippen LogP contribution in [0.25, 0.3) is 0 Å². The summed E-state index contributed by atoms with van der Waals surface area (Å²) in [7, 11) is 1.72. The zero-order chi connectivity index (χ0) is 19.2. The molecule has 2 unspecified atom stereocenters. The van der Waals surface area contributed by atoms with Crippen LogP contribution < -0.4 is 4.74 Å². The molecular weight excluding hydrogens is 338 g/mol. The maximum absolute atomic E-state index is 9.68. The van der Waals surface area contributed by atoms with Crippen molar-refractivity contribution in [1.29, 1.82) is 0 Å². The Bertz CT molecular complexity index is 719. The van der Waals surface area contributed by atoms with Crippen molar-refractivity contribution in [2.45, 2.75) is 51.5 Å². The minimum Gasteiger partial charge on any atom is -0.496 e. The molecule has 4 nitrogen and oxygen atoms in total. The van der Waals surface area contributed by atoms with Crippen molar-refractivity contribution in [1.82, 2.24) is 4.90 Å². The van der Waals surface area contributed by atoms with Crippen LogP contribution in [0.5, 0.6) is 5.75 Å². The average molecular weight is 370 g/mol. The Kier molecular flexibility index (Phi) is 6.89. The second kappa shape index (κ2) is 9.36. The number of methoxy groups -OCH3 is 1. The van der Waals surface area contributed by atoms with Crippen molar-refractivity contribution in [2.75, 3.05) is 20.3 Å². The highest BCUT2D eigenvalue weighted by molar-refractivity contribution is 5.43. The van der Waals surface area contributed by atoms with Crippen molar-refractivity contribution in [3.8, 4) is 5.75 Å². The van der Waals surface area contributed by atoms with E-state index in [-0.39, 0.29) is 18.8 Å². The lowest BCUT2D eigenvalue weighted by Gasteiger charge is -2.47. The predicted molar refractivity (Wildman–Crippen MR) is 108 cm³/mol. The highest BCUT2D eigenvalue weighted by atomic mass is 16.5. The van der Waals surface area contributed by atoms with E-state index in [4.69, 9.17) is 9.47 Å². The topological polar surface area (TPSA) is 41.9 Å². The van der Waals surface area contributed by atoms with Gasteiger partial charge in [0, 0.05) is 25.6 Å². The van der Waals surface area contributed by atoms with Crippen LogP contribution in [0.2, 0.25) is 0 Å². The number of fused-ring (bicyclic) bond motifs is 2. The van der Waals surface area contributed by atoms with Gasteiger partial charge in [-0.3, -0.25) is 4.90 Å². The van der Waals surface area contributed by atoms with E-state index in [0.717, 1.165) is 31.7 Å². The van der Waals surface area contributed by atoms with E-state index in [1.165, 1.54) is 16.7 Å². The number of aliphatic hydroxyl groups excluding tert-OH is 1. The monoisotopic (exact) mass is 369 g/mol. The molecular formula is C23H31NO3. The van der Waals surface area contributed by atoms with Crippen LogP contribution in [0.15, 0.2) is 48.5 Å². The van der Waals surface area contributed by atoms with Gasteiger partial charge >= 0.3 is 0 Å². The maximum atomic E-state index is 9.68. The van der Waals surface area contributed by atoms with E-state index in [1.807, 2.05) is 26.0 Å². The van der Waals surface area contributed by atoms with Crippen LogP contribution >= 0.6 is 0 Å². The zero-order valence-electron chi connectivity index (χ0n) is 16.6. The van der Waals surface area contributed by atoms with E-state index in [2.05, 4.69) is 41.3 Å². The predicted octanol–water partition coefficient (Wildman–Crippen LogP) is 3.45. The minimum atomic E-state index is -0.124. The first-order valence-electron chi connectivity index (χ1n) is 9.97. The van der Waals surface area contributed by atoms with E-state index in [0.29, 0.717) is 6.04 Å². The first-order chi connectivity index (χ1) is 13.3. The highest BCUT2D eigenvalue weighted by Crippen LogP contribution is 2.35. The van der Waals surface area contributed by atoms with Crippen molar-refractivity contribution in [2.24, 2.45) is 0 Å². The SMILES string of the molecule is CC.COc1cccc2c1C[C@H]1OC(CO)CN(Cc3ccccc3)C1C2. The molecule has 27 heavy (non-hydrogen) atoms. The lowest BCUT2D eigenvalue weighted by atomic mass is 9.83. The normalized spacial score (nSPS) is 24.2. The summed E-state index contributed by atoms with van der Waals surface area (Å²) in [5, 5.41) is 9.68. The van der Waals surface area contributed by atoms with Gasteiger partial charge in [-0.1, -0.05) is 56.3 Å². The van der Waals surface area contributed by atoms with E-state index >= 15 is 0 Å². The van der Waals surface area contributed by atoms with E-state index in [1.54, 1.807) is 7.11 Å². The molecule has 4 rings (SSSR count). The minimum absolute atomic E-state index is 0.0628. The lowest BCUT2D eigenvalue weighted by molar-refractivity contribution is -0.138. The Morgan fingerprint density at radius 2 is 1.85 bits per heavy atom. The summed E-state index contributed by atoms with van der Waals surface area (Å²) >= 11 is 0. The third-order valence-electron chi connectivity index (χ3n) is 5.42. The summed E-state index contributed by atoms with van der Waals surface area (Å²) in [5.41, 5.74) is 3.91. The molecule has 0 bridgehead atoms. The molecule has 1 fully saturated rings. The van der Waals surface area contributed by atoms with Gasteiger partial charge in [-0.05, 0) is 29.2 Å². The lowest BCUT2D eigenvalue weighted by Crippen LogP contribution is -2.58. The third-order valence-corrected chi connectivity index (χ3v) is 5.42. The largest absolute Gasteiger partial charge is 0.496 e. The molecule has 3 atom stereocenters. The number of nitrogens with zero attached hydrogens (tertiary/aromatic N) is 1. The van der Waals surface area contributed by atoms with Gasteiger partial charge in [-0.25, -0.2) is 0 Å². The van der Waals surface area contributed by atoms with Gasteiger partial charge in [0.1, 0.15) is 5.75 Å². The van der Waals surface area contributed by atoms with Crippen LogP contribution in [0.4, 0.5) is 0 Å². The van der Waals surface area contributed by atoms with E-state index < -0.39 is 0 Å². The van der Waals surface area contributed by atoms with Crippen molar-refractivity contribution in [3.05, 3.63) is 65.2 Å². The van der Waals surface area contributed by atoms with Crippen molar-refractivity contribution >= 4 is 0 Å². The Balaban J connectivity index is 0.00000102.